The summed E-state index contributed by atoms with van der Waals surface area (Å²) in [5, 5.41) is 3.63. The molecule has 1 aliphatic carbocycles. The number of carbonyl (C=O) groups excluding carboxylic acids is 1. The van der Waals surface area contributed by atoms with Crippen molar-refractivity contribution >= 4 is 29.9 Å². The van der Waals surface area contributed by atoms with Crippen LogP contribution in [0.2, 0.25) is 5.02 Å². The summed E-state index contributed by atoms with van der Waals surface area (Å²) in [5.41, 5.74) is 6.14. The van der Waals surface area contributed by atoms with Crippen LogP contribution in [-0.2, 0) is 10.3 Å². The van der Waals surface area contributed by atoms with Gasteiger partial charge in [0.05, 0.1) is 12.1 Å². The Balaban J connectivity index is 0.00000128. The third-order valence-electron chi connectivity index (χ3n) is 2.69. The van der Waals surface area contributed by atoms with E-state index < -0.39 is 0 Å². The van der Waals surface area contributed by atoms with Crippen LogP contribution in [0, 0.1) is 0 Å². The fourth-order valence-electron chi connectivity index (χ4n) is 1.71. The van der Waals surface area contributed by atoms with E-state index >= 15 is 0 Å². The van der Waals surface area contributed by atoms with E-state index in [-0.39, 0.29) is 30.4 Å². The molecule has 0 bridgehead atoms. The predicted octanol–water partition coefficient (Wildman–Crippen LogP) is 1.83. The molecule has 1 amide bonds. The Hall–Kier alpha value is -0.770. The van der Waals surface area contributed by atoms with Gasteiger partial charge in [0.2, 0.25) is 5.91 Å². The molecule has 0 aromatic heterocycles. The first-order valence-electron chi connectivity index (χ1n) is 4.93. The fourth-order valence-corrected chi connectivity index (χ4v) is 1.91. The Labute approximate surface area is 106 Å². The minimum atomic E-state index is -0.207. The van der Waals surface area contributed by atoms with Crippen LogP contribution in [-0.4, -0.2) is 12.5 Å². The van der Waals surface area contributed by atoms with Gasteiger partial charge in [-0.15, -0.1) is 12.4 Å². The van der Waals surface area contributed by atoms with Gasteiger partial charge in [-0.3, -0.25) is 4.79 Å². The van der Waals surface area contributed by atoms with Crippen molar-refractivity contribution in [2.24, 2.45) is 5.73 Å². The highest BCUT2D eigenvalue weighted by atomic mass is 35.5. The largest absolute Gasteiger partial charge is 0.345 e. The molecule has 1 aromatic carbocycles. The fraction of sp³-hybridized carbons (Fsp3) is 0.364. The zero-order valence-corrected chi connectivity index (χ0v) is 10.3. The van der Waals surface area contributed by atoms with Gasteiger partial charge < -0.3 is 11.1 Å². The Bertz CT molecular complexity index is 391. The average molecular weight is 261 g/mol. The predicted molar refractivity (Wildman–Crippen MR) is 66.8 cm³/mol. The first-order chi connectivity index (χ1) is 7.16. The quantitative estimate of drug-likeness (QED) is 0.872. The SMILES string of the molecule is Cl.NCC(=O)NC1(c2cccc(Cl)c2)CC1. The van der Waals surface area contributed by atoms with E-state index in [0.29, 0.717) is 5.02 Å². The number of amides is 1. The Kier molecular flexibility index (Phi) is 4.19. The molecule has 3 N–H and O–H groups in total. The second-order valence-corrected chi connectivity index (χ2v) is 4.28. The van der Waals surface area contributed by atoms with E-state index in [1.807, 2.05) is 24.3 Å². The highest BCUT2D eigenvalue weighted by Crippen LogP contribution is 2.45. The molecular weight excluding hydrogens is 247 g/mol. The van der Waals surface area contributed by atoms with Crippen molar-refractivity contribution in [2.45, 2.75) is 18.4 Å². The summed E-state index contributed by atoms with van der Waals surface area (Å²) in [6.45, 7) is 0.0301. The Morgan fingerprint density at radius 3 is 2.69 bits per heavy atom. The zero-order chi connectivity index (χ0) is 10.9. The Morgan fingerprint density at radius 1 is 1.50 bits per heavy atom. The Morgan fingerprint density at radius 2 is 2.19 bits per heavy atom. The molecule has 0 unspecified atom stereocenters. The lowest BCUT2D eigenvalue weighted by Gasteiger charge is -2.17. The van der Waals surface area contributed by atoms with Gasteiger partial charge in [0.25, 0.3) is 0 Å². The van der Waals surface area contributed by atoms with E-state index in [1.165, 1.54) is 0 Å². The van der Waals surface area contributed by atoms with Crippen molar-refractivity contribution in [3.05, 3.63) is 34.9 Å². The lowest BCUT2D eigenvalue weighted by molar-refractivity contribution is -0.120. The van der Waals surface area contributed by atoms with Crippen molar-refractivity contribution < 1.29 is 4.79 Å². The molecule has 2 rings (SSSR count). The normalized spacial score (nSPS) is 16.1. The van der Waals surface area contributed by atoms with Gasteiger partial charge in [-0.1, -0.05) is 23.7 Å². The molecular formula is C11H14Cl2N2O. The van der Waals surface area contributed by atoms with Crippen LogP contribution in [0.15, 0.2) is 24.3 Å². The van der Waals surface area contributed by atoms with Crippen molar-refractivity contribution in [3.63, 3.8) is 0 Å². The van der Waals surface area contributed by atoms with Gasteiger partial charge in [0.1, 0.15) is 0 Å². The minimum absolute atomic E-state index is 0. The maximum atomic E-state index is 11.3. The molecule has 0 aliphatic heterocycles. The summed E-state index contributed by atoms with van der Waals surface area (Å²) in [7, 11) is 0. The molecule has 1 saturated carbocycles. The molecule has 16 heavy (non-hydrogen) atoms. The van der Waals surface area contributed by atoms with Crippen LogP contribution in [0.5, 0.6) is 0 Å². The third-order valence-corrected chi connectivity index (χ3v) is 2.93. The molecule has 0 atom stereocenters. The number of carbonyl (C=O) groups is 1. The van der Waals surface area contributed by atoms with E-state index in [4.69, 9.17) is 17.3 Å². The summed E-state index contributed by atoms with van der Waals surface area (Å²) < 4.78 is 0. The topological polar surface area (TPSA) is 55.1 Å². The van der Waals surface area contributed by atoms with E-state index in [2.05, 4.69) is 5.32 Å². The molecule has 1 fully saturated rings. The average Bonchev–Trinajstić information content (AvgIpc) is 2.99. The maximum absolute atomic E-state index is 11.3. The highest BCUT2D eigenvalue weighted by molar-refractivity contribution is 6.30. The molecule has 0 heterocycles. The van der Waals surface area contributed by atoms with Crippen molar-refractivity contribution in [3.8, 4) is 0 Å². The van der Waals surface area contributed by atoms with Crippen molar-refractivity contribution in [1.29, 1.82) is 0 Å². The molecule has 1 aliphatic rings. The number of nitrogens with one attached hydrogen (secondary N) is 1. The zero-order valence-electron chi connectivity index (χ0n) is 8.70. The second-order valence-electron chi connectivity index (χ2n) is 3.84. The minimum Gasteiger partial charge on any atom is -0.345 e. The maximum Gasteiger partial charge on any atom is 0.234 e. The van der Waals surface area contributed by atoms with Crippen LogP contribution in [0.3, 0.4) is 0 Å². The van der Waals surface area contributed by atoms with Gasteiger partial charge in [0, 0.05) is 5.02 Å². The molecule has 5 heteroatoms. The van der Waals surface area contributed by atoms with Crippen molar-refractivity contribution in [1.82, 2.24) is 5.32 Å². The van der Waals surface area contributed by atoms with Gasteiger partial charge in [-0.25, -0.2) is 0 Å². The van der Waals surface area contributed by atoms with Gasteiger partial charge in [0.15, 0.2) is 0 Å². The first-order valence-corrected chi connectivity index (χ1v) is 5.31. The van der Waals surface area contributed by atoms with Crippen LogP contribution < -0.4 is 11.1 Å². The van der Waals surface area contributed by atoms with Gasteiger partial charge >= 0.3 is 0 Å². The van der Waals surface area contributed by atoms with E-state index in [1.54, 1.807) is 0 Å². The van der Waals surface area contributed by atoms with Crippen LogP contribution >= 0.6 is 24.0 Å². The smallest absolute Gasteiger partial charge is 0.234 e. The van der Waals surface area contributed by atoms with E-state index in [9.17, 15) is 4.79 Å². The molecule has 0 radical (unpaired) electrons. The molecule has 88 valence electrons. The summed E-state index contributed by atoms with van der Waals surface area (Å²) in [6, 6.07) is 7.60. The number of rotatable bonds is 3. The lowest BCUT2D eigenvalue weighted by Crippen LogP contribution is -2.38. The molecule has 3 nitrogen and oxygen atoms in total. The van der Waals surface area contributed by atoms with Crippen LogP contribution in [0.1, 0.15) is 18.4 Å². The molecule has 0 saturated heterocycles. The molecule has 1 aromatic rings. The van der Waals surface area contributed by atoms with Crippen LogP contribution in [0.25, 0.3) is 0 Å². The summed E-state index contributed by atoms with van der Waals surface area (Å²) >= 11 is 5.91. The summed E-state index contributed by atoms with van der Waals surface area (Å²) in [5.74, 6) is -0.118. The summed E-state index contributed by atoms with van der Waals surface area (Å²) in [6.07, 6.45) is 1.91. The first kappa shape index (κ1) is 13.3. The number of hydrogen-bond donors (Lipinski definition) is 2. The second kappa shape index (κ2) is 5.04. The number of halogens is 2. The monoisotopic (exact) mass is 260 g/mol. The lowest BCUT2D eigenvalue weighted by atomic mass is 10.1. The van der Waals surface area contributed by atoms with E-state index in [0.717, 1.165) is 18.4 Å². The van der Waals surface area contributed by atoms with Gasteiger partial charge in [-0.05, 0) is 30.5 Å². The highest BCUT2D eigenvalue weighted by Gasteiger charge is 2.45. The standard InChI is InChI=1S/C11H13ClN2O.ClH/c12-9-3-1-2-8(6-9)11(4-5-11)14-10(15)7-13;/h1-3,6H,4-5,7,13H2,(H,14,15);1H. The van der Waals surface area contributed by atoms with Gasteiger partial charge in [-0.2, -0.15) is 0 Å². The molecule has 0 spiro atoms. The third kappa shape index (κ3) is 2.67. The summed E-state index contributed by atoms with van der Waals surface area (Å²) in [4.78, 5) is 11.3. The van der Waals surface area contributed by atoms with Crippen LogP contribution in [0.4, 0.5) is 0 Å². The number of nitrogens with two attached hydrogens (primary N) is 1. The number of benzene rings is 1. The van der Waals surface area contributed by atoms with Crippen molar-refractivity contribution in [2.75, 3.05) is 6.54 Å². The number of hydrogen-bond acceptors (Lipinski definition) is 2.